The smallest absolute Gasteiger partial charge is 0.366 e. The SMILES string of the molecule is C[Si](C)(C)N([Si](F)CNc1ccccc1)[Si](C)(C)C. The first kappa shape index (κ1) is 16.6. The highest BCUT2D eigenvalue weighted by Crippen LogP contribution is 2.22. The van der Waals surface area contributed by atoms with Crippen LogP contribution in [-0.2, 0) is 0 Å². The minimum Gasteiger partial charge on any atom is -0.384 e. The highest BCUT2D eigenvalue weighted by atomic mass is 28.5. The molecular formula is C13H26FN2Si3. The monoisotopic (exact) mass is 313 g/mol. The molecule has 2 nitrogen and oxygen atoms in total. The molecule has 0 aliphatic heterocycles. The van der Waals surface area contributed by atoms with E-state index in [-0.39, 0.29) is 0 Å². The Kier molecular flexibility index (Phi) is 5.54. The first-order valence-corrected chi connectivity index (χ1v) is 15.2. The summed E-state index contributed by atoms with van der Waals surface area (Å²) in [6, 6.07) is 9.90. The van der Waals surface area contributed by atoms with Gasteiger partial charge in [0.25, 0.3) is 0 Å². The zero-order valence-electron chi connectivity index (χ0n) is 12.9. The first-order chi connectivity index (χ1) is 8.62. The molecule has 0 saturated carbocycles. The van der Waals surface area contributed by atoms with E-state index in [0.29, 0.717) is 6.17 Å². The summed E-state index contributed by atoms with van der Waals surface area (Å²) in [5.41, 5.74) is 1.01. The Morgan fingerprint density at radius 2 is 1.47 bits per heavy atom. The predicted octanol–water partition coefficient (Wildman–Crippen LogP) is 4.07. The van der Waals surface area contributed by atoms with Crippen LogP contribution >= 0.6 is 0 Å². The highest BCUT2D eigenvalue weighted by Gasteiger charge is 2.41. The fourth-order valence-electron chi connectivity index (χ4n) is 2.54. The van der Waals surface area contributed by atoms with Crippen molar-refractivity contribution in [1.82, 2.24) is 3.90 Å². The summed E-state index contributed by atoms with van der Waals surface area (Å²) in [7, 11) is -5.19. The summed E-state index contributed by atoms with van der Waals surface area (Å²) >= 11 is 0. The van der Waals surface area contributed by atoms with Crippen LogP contribution in [0, 0.1) is 0 Å². The quantitative estimate of drug-likeness (QED) is 0.629. The fraction of sp³-hybridized carbons (Fsp3) is 0.538. The second-order valence-corrected chi connectivity index (χ2v) is 19.2. The topological polar surface area (TPSA) is 15.3 Å². The molecule has 0 aliphatic carbocycles. The van der Waals surface area contributed by atoms with E-state index >= 15 is 0 Å². The van der Waals surface area contributed by atoms with E-state index in [9.17, 15) is 4.11 Å². The standard InChI is InChI=1S/C13H26FN2Si3/c1-18(2,3)16(19(4,5)6)17(14)12-15-13-10-8-7-9-11-13/h7-11,15H,12H2,1-6H3. The molecule has 1 aromatic carbocycles. The van der Waals surface area contributed by atoms with Gasteiger partial charge in [-0.1, -0.05) is 57.5 Å². The minimum atomic E-state index is -1.99. The molecule has 1 radical (unpaired) electrons. The van der Waals surface area contributed by atoms with Gasteiger partial charge in [-0.2, -0.15) is 0 Å². The van der Waals surface area contributed by atoms with Crippen LogP contribution in [0.25, 0.3) is 0 Å². The lowest BCUT2D eigenvalue weighted by Gasteiger charge is -2.44. The minimum absolute atomic E-state index is 0.462. The molecule has 0 unspecified atom stereocenters. The van der Waals surface area contributed by atoms with Crippen molar-refractivity contribution in [2.24, 2.45) is 0 Å². The number of hydrogen-bond acceptors (Lipinski definition) is 2. The molecule has 19 heavy (non-hydrogen) atoms. The summed E-state index contributed by atoms with van der Waals surface area (Å²) in [6.45, 7) is 13.5. The van der Waals surface area contributed by atoms with E-state index in [0.717, 1.165) is 5.69 Å². The van der Waals surface area contributed by atoms with Gasteiger partial charge in [-0.3, -0.25) is 4.11 Å². The van der Waals surface area contributed by atoms with Crippen LogP contribution in [0.5, 0.6) is 0 Å². The van der Waals surface area contributed by atoms with E-state index in [1.54, 1.807) is 0 Å². The molecule has 0 amide bonds. The second kappa shape index (κ2) is 6.34. The van der Waals surface area contributed by atoms with Crippen molar-refractivity contribution in [2.75, 3.05) is 11.5 Å². The second-order valence-electron chi connectivity index (χ2n) is 6.77. The maximum Gasteiger partial charge on any atom is 0.366 e. The molecule has 0 fully saturated rings. The van der Waals surface area contributed by atoms with Crippen LogP contribution in [0.1, 0.15) is 0 Å². The molecule has 0 heterocycles. The average molecular weight is 314 g/mol. The summed E-state index contributed by atoms with van der Waals surface area (Å²) in [5, 5.41) is 3.24. The third-order valence-corrected chi connectivity index (χ3v) is 15.9. The molecule has 6 heteroatoms. The third-order valence-electron chi connectivity index (χ3n) is 2.80. The number of para-hydroxylation sites is 1. The van der Waals surface area contributed by atoms with Gasteiger partial charge in [0.15, 0.2) is 0 Å². The summed E-state index contributed by atoms with van der Waals surface area (Å²) in [4.78, 5) is 0. The molecule has 1 N–H and O–H groups in total. The van der Waals surface area contributed by atoms with Gasteiger partial charge in [0, 0.05) is 5.69 Å². The Hall–Kier alpha value is -0.439. The molecule has 1 aromatic rings. The van der Waals surface area contributed by atoms with Crippen LogP contribution in [0.15, 0.2) is 30.3 Å². The van der Waals surface area contributed by atoms with Crippen molar-refractivity contribution in [3.63, 3.8) is 0 Å². The maximum absolute atomic E-state index is 14.8. The Bertz CT molecular complexity index is 373. The molecule has 0 atom stereocenters. The number of anilines is 1. The number of nitrogens with zero attached hydrogens (tertiary/aromatic N) is 1. The van der Waals surface area contributed by atoms with Crippen molar-refractivity contribution < 1.29 is 4.11 Å². The number of hydrogen-bond donors (Lipinski definition) is 1. The van der Waals surface area contributed by atoms with Crippen LogP contribution < -0.4 is 5.32 Å². The number of halogens is 1. The number of nitrogens with one attached hydrogen (secondary N) is 1. The van der Waals surface area contributed by atoms with Crippen LogP contribution in [-0.4, -0.2) is 35.8 Å². The molecule has 0 bridgehead atoms. The fourth-order valence-corrected chi connectivity index (χ4v) is 17.4. The molecule has 0 aromatic heterocycles. The van der Waals surface area contributed by atoms with Gasteiger partial charge >= 0.3 is 9.29 Å². The summed E-state index contributed by atoms with van der Waals surface area (Å²) < 4.78 is 17.1. The van der Waals surface area contributed by atoms with Gasteiger partial charge in [-0.05, 0) is 12.1 Å². The third kappa shape index (κ3) is 5.21. The van der Waals surface area contributed by atoms with Gasteiger partial charge in [-0.15, -0.1) is 0 Å². The van der Waals surface area contributed by atoms with E-state index in [1.165, 1.54) is 0 Å². The van der Waals surface area contributed by atoms with Crippen LogP contribution in [0.3, 0.4) is 0 Å². The largest absolute Gasteiger partial charge is 0.384 e. The van der Waals surface area contributed by atoms with Crippen molar-refractivity contribution in [2.45, 2.75) is 39.3 Å². The van der Waals surface area contributed by atoms with Crippen molar-refractivity contribution in [1.29, 1.82) is 0 Å². The van der Waals surface area contributed by atoms with Crippen molar-refractivity contribution in [3.8, 4) is 0 Å². The molecule has 0 saturated heterocycles. The zero-order chi connectivity index (χ0) is 14.7. The lowest BCUT2D eigenvalue weighted by molar-refractivity contribution is 0.720. The Labute approximate surface area is 121 Å². The highest BCUT2D eigenvalue weighted by molar-refractivity contribution is 6.98. The normalized spacial score (nSPS) is 13.1. The first-order valence-electron chi connectivity index (χ1n) is 6.73. The Balaban J connectivity index is 2.71. The molecule has 1 rings (SSSR count). The van der Waals surface area contributed by atoms with Gasteiger partial charge in [0.05, 0.1) is 6.17 Å². The van der Waals surface area contributed by atoms with Gasteiger partial charge in [0.1, 0.15) is 16.5 Å². The van der Waals surface area contributed by atoms with Crippen molar-refractivity contribution >= 4 is 31.5 Å². The zero-order valence-corrected chi connectivity index (χ0v) is 15.9. The Morgan fingerprint density at radius 1 is 1.00 bits per heavy atom. The molecule has 0 aliphatic rings. The molecular weight excluding hydrogens is 287 g/mol. The lowest BCUT2D eigenvalue weighted by atomic mass is 10.3. The Morgan fingerprint density at radius 3 is 1.89 bits per heavy atom. The van der Waals surface area contributed by atoms with E-state index in [4.69, 9.17) is 0 Å². The van der Waals surface area contributed by atoms with Gasteiger partial charge in [-0.25, -0.2) is 0 Å². The van der Waals surface area contributed by atoms with Crippen LogP contribution in [0.4, 0.5) is 9.80 Å². The summed E-state index contributed by atoms with van der Waals surface area (Å²) in [6.07, 6.45) is 0.462. The maximum atomic E-state index is 14.8. The lowest BCUT2D eigenvalue weighted by Crippen LogP contribution is -2.65. The molecule has 0 spiro atoms. The predicted molar refractivity (Wildman–Crippen MR) is 90.3 cm³/mol. The van der Waals surface area contributed by atoms with E-state index in [1.807, 2.05) is 30.3 Å². The molecule has 107 valence electrons. The van der Waals surface area contributed by atoms with Gasteiger partial charge in [0.2, 0.25) is 0 Å². The van der Waals surface area contributed by atoms with E-state index < -0.39 is 25.8 Å². The van der Waals surface area contributed by atoms with Crippen molar-refractivity contribution in [3.05, 3.63) is 30.3 Å². The van der Waals surface area contributed by atoms with Crippen LogP contribution in [0.2, 0.25) is 39.3 Å². The average Bonchev–Trinajstić information content (AvgIpc) is 2.24. The van der Waals surface area contributed by atoms with E-state index in [2.05, 4.69) is 48.5 Å². The number of benzene rings is 1. The summed E-state index contributed by atoms with van der Waals surface area (Å²) in [5.74, 6) is 0. The van der Waals surface area contributed by atoms with Gasteiger partial charge < -0.3 is 9.21 Å². The number of rotatable bonds is 6.